The van der Waals surface area contributed by atoms with Gasteiger partial charge in [0.1, 0.15) is 5.75 Å². The van der Waals surface area contributed by atoms with Crippen LogP contribution < -0.4 is 10.1 Å². The standard InChI is InChI=1S/C18H16Cl2N2O3S/c1-17-14(20)6-5-11(19)15(17)18(24,16(23)21-17)8-12-10-4-3-9(25-2)7-13(10)26-22-12/h3-7,14,24H,8H2,1-2H3,(H,21,23). The summed E-state index contributed by atoms with van der Waals surface area (Å²) in [7, 11) is 1.60. The Bertz CT molecular complexity index is 986. The zero-order valence-electron chi connectivity index (χ0n) is 14.0. The van der Waals surface area contributed by atoms with Crippen LogP contribution in [0.2, 0.25) is 0 Å². The summed E-state index contributed by atoms with van der Waals surface area (Å²) in [5, 5.41) is 14.8. The van der Waals surface area contributed by atoms with Crippen molar-refractivity contribution >= 4 is 50.7 Å². The number of hydrogen-bond donors (Lipinski definition) is 2. The third kappa shape index (κ3) is 2.40. The minimum Gasteiger partial charge on any atom is -0.497 e. The second-order valence-electron chi connectivity index (χ2n) is 6.67. The van der Waals surface area contributed by atoms with E-state index in [4.69, 9.17) is 27.9 Å². The molecule has 5 nitrogen and oxygen atoms in total. The molecule has 1 amide bonds. The molecule has 1 fully saturated rings. The Kier molecular flexibility index (Phi) is 4.08. The number of methoxy groups -OCH3 is 1. The molecule has 1 aromatic heterocycles. The molecule has 0 saturated carbocycles. The van der Waals surface area contributed by atoms with Crippen LogP contribution in [-0.4, -0.2) is 39.0 Å². The molecule has 3 atom stereocenters. The maximum atomic E-state index is 12.7. The first kappa shape index (κ1) is 17.8. The first-order valence-corrected chi connectivity index (χ1v) is 9.58. The first-order chi connectivity index (χ1) is 12.3. The lowest BCUT2D eigenvalue weighted by molar-refractivity contribution is -0.132. The predicted octanol–water partition coefficient (Wildman–Crippen LogP) is 3.14. The molecule has 8 heteroatoms. The lowest BCUT2D eigenvalue weighted by Gasteiger charge is -2.35. The number of hydrogen-bond acceptors (Lipinski definition) is 5. The van der Waals surface area contributed by atoms with Gasteiger partial charge in [0.05, 0.1) is 28.4 Å². The fourth-order valence-electron chi connectivity index (χ4n) is 3.68. The maximum absolute atomic E-state index is 12.7. The number of aromatic nitrogens is 1. The number of fused-ring (bicyclic) bond motifs is 2. The highest BCUT2D eigenvalue weighted by Crippen LogP contribution is 2.47. The number of alkyl halides is 1. The summed E-state index contributed by atoms with van der Waals surface area (Å²) in [6.07, 6.45) is 3.36. The first-order valence-electron chi connectivity index (χ1n) is 8.00. The number of allylic oxidation sites excluding steroid dienone is 2. The Morgan fingerprint density at radius 2 is 2.23 bits per heavy atom. The van der Waals surface area contributed by atoms with Crippen molar-refractivity contribution in [2.75, 3.05) is 7.11 Å². The van der Waals surface area contributed by atoms with Gasteiger partial charge in [0, 0.05) is 22.4 Å². The van der Waals surface area contributed by atoms with Crippen LogP contribution in [0.4, 0.5) is 0 Å². The van der Waals surface area contributed by atoms with Crippen LogP contribution in [0.1, 0.15) is 12.6 Å². The number of halogens is 2. The van der Waals surface area contributed by atoms with Crippen molar-refractivity contribution < 1.29 is 14.6 Å². The number of aliphatic hydroxyl groups is 1. The Labute approximate surface area is 164 Å². The average Bonchev–Trinajstić information content (AvgIpc) is 3.09. The van der Waals surface area contributed by atoms with Gasteiger partial charge >= 0.3 is 0 Å². The van der Waals surface area contributed by atoms with Gasteiger partial charge in [-0.05, 0) is 42.7 Å². The number of benzene rings is 1. The zero-order valence-corrected chi connectivity index (χ0v) is 16.4. The summed E-state index contributed by atoms with van der Waals surface area (Å²) in [5.41, 5.74) is -1.71. The van der Waals surface area contributed by atoms with Crippen LogP contribution in [0, 0.1) is 0 Å². The highest BCUT2D eigenvalue weighted by atomic mass is 35.5. The molecule has 3 unspecified atom stereocenters. The average molecular weight is 411 g/mol. The number of amides is 1. The number of carbonyl (C=O) groups is 1. The third-order valence-corrected chi connectivity index (χ3v) is 6.80. The zero-order chi connectivity index (χ0) is 18.7. The van der Waals surface area contributed by atoms with E-state index in [1.54, 1.807) is 26.2 Å². The summed E-state index contributed by atoms with van der Waals surface area (Å²) in [6.45, 7) is 1.77. The van der Waals surface area contributed by atoms with Gasteiger partial charge in [0.2, 0.25) is 0 Å². The number of ether oxygens (including phenoxy) is 1. The second-order valence-corrected chi connectivity index (χ2v) is 8.35. The molecule has 1 aromatic carbocycles. The summed E-state index contributed by atoms with van der Waals surface area (Å²) in [4.78, 5) is 12.7. The van der Waals surface area contributed by atoms with Crippen molar-refractivity contribution in [2.45, 2.75) is 29.9 Å². The van der Waals surface area contributed by atoms with Crippen LogP contribution >= 0.6 is 34.7 Å². The van der Waals surface area contributed by atoms with E-state index >= 15 is 0 Å². The minimum atomic E-state index is -1.80. The smallest absolute Gasteiger partial charge is 0.257 e. The lowest BCUT2D eigenvalue weighted by Crippen LogP contribution is -2.48. The van der Waals surface area contributed by atoms with E-state index in [9.17, 15) is 9.90 Å². The van der Waals surface area contributed by atoms with E-state index in [0.717, 1.165) is 15.8 Å². The van der Waals surface area contributed by atoms with Gasteiger partial charge in [0.15, 0.2) is 5.60 Å². The van der Waals surface area contributed by atoms with E-state index < -0.39 is 22.4 Å². The predicted molar refractivity (Wildman–Crippen MR) is 103 cm³/mol. The van der Waals surface area contributed by atoms with Crippen molar-refractivity contribution in [3.63, 3.8) is 0 Å². The topological polar surface area (TPSA) is 71.5 Å². The van der Waals surface area contributed by atoms with Crippen LogP contribution in [0.5, 0.6) is 5.75 Å². The van der Waals surface area contributed by atoms with Crippen molar-refractivity contribution in [3.8, 4) is 5.75 Å². The summed E-state index contributed by atoms with van der Waals surface area (Å²) < 4.78 is 10.6. The number of rotatable bonds is 3. The van der Waals surface area contributed by atoms with Gasteiger partial charge in [-0.1, -0.05) is 17.7 Å². The molecule has 4 rings (SSSR count). The largest absolute Gasteiger partial charge is 0.497 e. The lowest BCUT2D eigenvalue weighted by atomic mass is 9.77. The van der Waals surface area contributed by atoms with Crippen molar-refractivity contribution in [2.24, 2.45) is 0 Å². The molecule has 1 saturated heterocycles. The van der Waals surface area contributed by atoms with Crippen molar-refractivity contribution in [1.29, 1.82) is 0 Å². The second kappa shape index (κ2) is 5.96. The van der Waals surface area contributed by atoms with Gasteiger partial charge < -0.3 is 15.2 Å². The number of carbonyl (C=O) groups excluding carboxylic acids is 1. The van der Waals surface area contributed by atoms with Gasteiger partial charge in [-0.25, -0.2) is 0 Å². The van der Waals surface area contributed by atoms with E-state index in [1.165, 1.54) is 11.5 Å². The summed E-state index contributed by atoms with van der Waals surface area (Å²) in [6, 6.07) is 5.58. The Morgan fingerprint density at radius 3 is 2.96 bits per heavy atom. The Morgan fingerprint density at radius 1 is 1.46 bits per heavy atom. The van der Waals surface area contributed by atoms with Crippen molar-refractivity contribution in [3.05, 3.63) is 46.7 Å². The summed E-state index contributed by atoms with van der Waals surface area (Å²) >= 11 is 14.1. The fourth-order valence-corrected chi connectivity index (χ4v) is 5.16. The molecule has 136 valence electrons. The van der Waals surface area contributed by atoms with Crippen LogP contribution in [-0.2, 0) is 11.2 Å². The highest BCUT2D eigenvalue weighted by Gasteiger charge is 2.60. The molecule has 0 spiro atoms. The van der Waals surface area contributed by atoms with E-state index in [0.29, 0.717) is 16.3 Å². The molecule has 1 aliphatic heterocycles. The molecule has 2 N–H and O–H groups in total. The van der Waals surface area contributed by atoms with E-state index in [2.05, 4.69) is 9.69 Å². The quantitative estimate of drug-likeness (QED) is 0.762. The van der Waals surface area contributed by atoms with E-state index in [-0.39, 0.29) is 6.42 Å². The van der Waals surface area contributed by atoms with Gasteiger partial charge in [-0.3, -0.25) is 4.79 Å². The molecule has 26 heavy (non-hydrogen) atoms. The minimum absolute atomic E-state index is 0.0176. The maximum Gasteiger partial charge on any atom is 0.257 e. The third-order valence-electron chi connectivity index (χ3n) is 5.06. The molecule has 2 heterocycles. The highest BCUT2D eigenvalue weighted by molar-refractivity contribution is 7.13. The number of nitrogens with zero attached hydrogens (tertiary/aromatic N) is 1. The van der Waals surface area contributed by atoms with Crippen LogP contribution in [0.25, 0.3) is 10.1 Å². The van der Waals surface area contributed by atoms with Crippen LogP contribution in [0.15, 0.2) is 41.0 Å². The number of nitrogens with one attached hydrogen (secondary N) is 1. The summed E-state index contributed by atoms with van der Waals surface area (Å²) in [5.74, 6) is 0.211. The van der Waals surface area contributed by atoms with Gasteiger partial charge in [0.25, 0.3) is 5.91 Å². The Balaban J connectivity index is 1.80. The molecule has 1 aliphatic carbocycles. The molecular formula is C18H16Cl2N2O3S. The molecule has 2 aromatic rings. The molecular weight excluding hydrogens is 395 g/mol. The van der Waals surface area contributed by atoms with Crippen molar-refractivity contribution in [1.82, 2.24) is 9.69 Å². The van der Waals surface area contributed by atoms with E-state index in [1.807, 2.05) is 18.2 Å². The molecule has 0 bridgehead atoms. The normalized spacial score (nSPS) is 30.7. The molecule has 2 aliphatic rings. The fraction of sp³-hybridized carbons (Fsp3) is 0.333. The molecule has 0 radical (unpaired) electrons. The Hall–Kier alpha value is -1.60. The van der Waals surface area contributed by atoms with Gasteiger partial charge in [-0.15, -0.1) is 11.6 Å². The monoisotopic (exact) mass is 410 g/mol. The SMILES string of the molecule is COc1ccc2c(CC3(O)C(=O)NC4(C)C3=C(Cl)C=CC4Cl)nsc2c1. The van der Waals surface area contributed by atoms with Gasteiger partial charge in [-0.2, -0.15) is 4.37 Å². The van der Waals surface area contributed by atoms with Crippen LogP contribution in [0.3, 0.4) is 0 Å².